The van der Waals surface area contributed by atoms with Gasteiger partial charge in [-0.1, -0.05) is 11.6 Å². The number of carbonyl (C=O) groups excluding carboxylic acids is 1. The van der Waals surface area contributed by atoms with Crippen molar-refractivity contribution in [1.82, 2.24) is 4.90 Å². The van der Waals surface area contributed by atoms with Crippen LogP contribution >= 0.6 is 11.6 Å². The Morgan fingerprint density at radius 2 is 1.93 bits per heavy atom. The number of amides is 1. The molecule has 3 rings (SSSR count). The molecule has 1 amide bonds. The van der Waals surface area contributed by atoms with Crippen molar-refractivity contribution in [3.63, 3.8) is 0 Å². The van der Waals surface area contributed by atoms with Crippen molar-refractivity contribution in [3.05, 3.63) is 52.8 Å². The molecule has 0 bridgehead atoms. The van der Waals surface area contributed by atoms with Gasteiger partial charge in [0, 0.05) is 29.8 Å². The van der Waals surface area contributed by atoms with Gasteiger partial charge in [-0.2, -0.15) is 0 Å². The lowest BCUT2D eigenvalue weighted by Crippen LogP contribution is -2.42. The van der Waals surface area contributed by atoms with Gasteiger partial charge in [0.1, 0.15) is 11.6 Å². The van der Waals surface area contributed by atoms with E-state index in [1.54, 1.807) is 12.1 Å². The Labute approximate surface area is 163 Å². The molecule has 0 aliphatic carbocycles. The van der Waals surface area contributed by atoms with E-state index in [4.69, 9.17) is 11.6 Å². The lowest BCUT2D eigenvalue weighted by molar-refractivity contribution is 0.102. The highest BCUT2D eigenvalue weighted by Gasteiger charge is 2.22. The van der Waals surface area contributed by atoms with E-state index in [1.807, 2.05) is 4.90 Å². The second-order valence-electron chi connectivity index (χ2n) is 6.96. The maximum atomic E-state index is 14.6. The lowest BCUT2D eigenvalue weighted by Gasteiger charge is -2.36. The topological polar surface area (TPSA) is 55.8 Å². The molecule has 2 aromatic carbocycles. The molecule has 2 N–H and O–H groups in total. The van der Waals surface area contributed by atoms with E-state index >= 15 is 0 Å². The molecule has 0 aromatic heterocycles. The molecule has 2 aromatic rings. The van der Waals surface area contributed by atoms with Crippen molar-refractivity contribution in [2.24, 2.45) is 0 Å². The zero-order valence-corrected chi connectivity index (χ0v) is 16.1. The minimum absolute atomic E-state index is 0.0396. The summed E-state index contributed by atoms with van der Waals surface area (Å²) in [6.45, 7) is 1.59. The molecule has 0 atom stereocenters. The van der Waals surface area contributed by atoms with Crippen LogP contribution in [0.4, 0.5) is 15.8 Å². The first-order chi connectivity index (χ1) is 12.8. The van der Waals surface area contributed by atoms with Gasteiger partial charge in [0.2, 0.25) is 0 Å². The lowest BCUT2D eigenvalue weighted by atomic mass is 10.0. The maximum Gasteiger partial charge on any atom is 0.259 e. The summed E-state index contributed by atoms with van der Waals surface area (Å²) in [5.74, 6) is -1.11. The molecule has 5 nitrogen and oxygen atoms in total. The highest BCUT2D eigenvalue weighted by Crippen LogP contribution is 2.28. The number of nitrogens with zero attached hydrogens (tertiary/aromatic N) is 2. The second kappa shape index (κ2) is 8.15. The van der Waals surface area contributed by atoms with Crippen molar-refractivity contribution in [1.29, 1.82) is 0 Å². The van der Waals surface area contributed by atoms with Gasteiger partial charge in [0.05, 0.1) is 11.3 Å². The first kappa shape index (κ1) is 19.5. The van der Waals surface area contributed by atoms with Crippen LogP contribution < -0.4 is 10.2 Å². The van der Waals surface area contributed by atoms with Crippen molar-refractivity contribution >= 4 is 28.9 Å². The van der Waals surface area contributed by atoms with Crippen LogP contribution in [0.25, 0.3) is 0 Å². The summed E-state index contributed by atoms with van der Waals surface area (Å²) < 4.78 is 14.6. The number of aromatic hydroxyl groups is 1. The van der Waals surface area contributed by atoms with Gasteiger partial charge in [-0.25, -0.2) is 4.39 Å². The number of nitrogens with one attached hydrogen (secondary N) is 1. The van der Waals surface area contributed by atoms with Gasteiger partial charge >= 0.3 is 0 Å². The first-order valence-corrected chi connectivity index (χ1v) is 9.23. The monoisotopic (exact) mass is 391 g/mol. The summed E-state index contributed by atoms with van der Waals surface area (Å²) in [4.78, 5) is 16.6. The number of phenolic OH excluding ortho intramolecular Hbond substituents is 1. The zero-order chi connectivity index (χ0) is 19.6. The second-order valence-corrected chi connectivity index (χ2v) is 7.40. The molecule has 0 spiro atoms. The first-order valence-electron chi connectivity index (χ1n) is 8.86. The summed E-state index contributed by atoms with van der Waals surface area (Å²) in [6, 6.07) is 9.36. The molecule has 1 aliphatic rings. The Morgan fingerprint density at radius 3 is 2.56 bits per heavy atom. The number of hydrogen-bond donors (Lipinski definition) is 2. The molecule has 27 heavy (non-hydrogen) atoms. The molecule has 1 saturated heterocycles. The normalized spacial score (nSPS) is 15.2. The summed E-state index contributed by atoms with van der Waals surface area (Å²) in [7, 11) is 4.13. The van der Waals surface area contributed by atoms with Crippen molar-refractivity contribution < 1.29 is 14.3 Å². The molecule has 1 heterocycles. The molecular weight excluding hydrogens is 369 g/mol. The van der Waals surface area contributed by atoms with E-state index in [9.17, 15) is 14.3 Å². The van der Waals surface area contributed by atoms with Crippen LogP contribution in [0.3, 0.4) is 0 Å². The van der Waals surface area contributed by atoms with Gasteiger partial charge in [0.25, 0.3) is 5.91 Å². The third-order valence-corrected chi connectivity index (χ3v) is 5.18. The van der Waals surface area contributed by atoms with E-state index in [2.05, 4.69) is 24.3 Å². The Bertz CT molecular complexity index is 836. The Kier molecular flexibility index (Phi) is 5.87. The zero-order valence-electron chi connectivity index (χ0n) is 15.4. The number of phenols is 1. The SMILES string of the molecule is CN(C)C1CCN(c2ccc(NC(=O)c3cc(Cl)ccc3O)cc2F)CC1. The van der Waals surface area contributed by atoms with Gasteiger partial charge in [-0.3, -0.25) is 4.79 Å². The average molecular weight is 392 g/mol. The van der Waals surface area contributed by atoms with E-state index in [1.165, 1.54) is 24.3 Å². The third-order valence-electron chi connectivity index (χ3n) is 4.94. The fraction of sp³-hybridized carbons (Fsp3) is 0.350. The predicted molar refractivity (Wildman–Crippen MR) is 106 cm³/mol. The summed E-state index contributed by atoms with van der Waals surface area (Å²) in [5, 5.41) is 12.7. The molecule has 1 fully saturated rings. The average Bonchev–Trinajstić information content (AvgIpc) is 2.64. The Hall–Kier alpha value is -2.31. The molecule has 144 valence electrons. The van der Waals surface area contributed by atoms with Crippen LogP contribution in [-0.2, 0) is 0 Å². The number of benzene rings is 2. The fourth-order valence-corrected chi connectivity index (χ4v) is 3.52. The molecular formula is C20H23ClFN3O2. The van der Waals surface area contributed by atoms with E-state index in [-0.39, 0.29) is 17.1 Å². The summed E-state index contributed by atoms with van der Waals surface area (Å²) in [6.07, 6.45) is 1.97. The van der Waals surface area contributed by atoms with Gasteiger partial charge in [0.15, 0.2) is 0 Å². The van der Waals surface area contributed by atoms with E-state index in [0.29, 0.717) is 22.4 Å². The van der Waals surface area contributed by atoms with Crippen LogP contribution in [0, 0.1) is 5.82 Å². The number of piperidine rings is 1. The minimum Gasteiger partial charge on any atom is -0.507 e. The predicted octanol–water partition coefficient (Wildman–Crippen LogP) is 3.97. The van der Waals surface area contributed by atoms with Crippen LogP contribution in [0.2, 0.25) is 5.02 Å². The Balaban J connectivity index is 1.70. The Morgan fingerprint density at radius 1 is 1.22 bits per heavy atom. The smallest absolute Gasteiger partial charge is 0.259 e. The summed E-state index contributed by atoms with van der Waals surface area (Å²) in [5.41, 5.74) is 0.900. The van der Waals surface area contributed by atoms with Gasteiger partial charge in [-0.05, 0) is 63.3 Å². The van der Waals surface area contributed by atoms with Crippen LogP contribution in [-0.4, -0.2) is 49.1 Å². The maximum absolute atomic E-state index is 14.6. The van der Waals surface area contributed by atoms with Crippen molar-refractivity contribution in [2.75, 3.05) is 37.4 Å². The van der Waals surface area contributed by atoms with Gasteiger partial charge < -0.3 is 20.2 Å². The molecule has 7 heteroatoms. The largest absolute Gasteiger partial charge is 0.507 e. The molecule has 0 radical (unpaired) electrons. The molecule has 0 unspecified atom stereocenters. The van der Waals surface area contributed by atoms with Crippen LogP contribution in [0.15, 0.2) is 36.4 Å². The number of halogens is 2. The number of rotatable bonds is 4. The number of anilines is 2. The van der Waals surface area contributed by atoms with Crippen molar-refractivity contribution in [2.45, 2.75) is 18.9 Å². The van der Waals surface area contributed by atoms with Crippen molar-refractivity contribution in [3.8, 4) is 5.75 Å². The highest BCUT2D eigenvalue weighted by molar-refractivity contribution is 6.31. The van der Waals surface area contributed by atoms with E-state index in [0.717, 1.165) is 25.9 Å². The quantitative estimate of drug-likeness (QED) is 0.828. The summed E-state index contributed by atoms with van der Waals surface area (Å²) >= 11 is 5.87. The molecule has 0 saturated carbocycles. The minimum atomic E-state index is -0.547. The fourth-order valence-electron chi connectivity index (χ4n) is 3.35. The van der Waals surface area contributed by atoms with Gasteiger partial charge in [-0.15, -0.1) is 0 Å². The number of hydrogen-bond acceptors (Lipinski definition) is 4. The molecule has 1 aliphatic heterocycles. The highest BCUT2D eigenvalue weighted by atomic mass is 35.5. The number of carbonyl (C=O) groups is 1. The standard InChI is InChI=1S/C20H23ClFN3O2/c1-24(2)15-7-9-25(10-8-15)18-5-4-14(12-17(18)22)23-20(27)16-11-13(21)3-6-19(16)26/h3-6,11-12,15,26H,7-10H2,1-2H3,(H,23,27). The third kappa shape index (κ3) is 4.51. The van der Waals surface area contributed by atoms with Crippen LogP contribution in [0.1, 0.15) is 23.2 Å². The van der Waals surface area contributed by atoms with Crippen LogP contribution in [0.5, 0.6) is 5.75 Å². The van der Waals surface area contributed by atoms with E-state index < -0.39 is 5.91 Å².